The number of methoxy groups -OCH3 is 1. The highest BCUT2D eigenvalue weighted by molar-refractivity contribution is 5.92. The molecule has 2 aliphatic rings. The monoisotopic (exact) mass is 355 g/mol. The van der Waals surface area contributed by atoms with Crippen LogP contribution in [-0.4, -0.2) is 69.4 Å². The van der Waals surface area contributed by atoms with E-state index in [1.165, 1.54) is 5.56 Å². The predicted molar refractivity (Wildman–Crippen MR) is 96.5 cm³/mol. The zero-order valence-electron chi connectivity index (χ0n) is 15.3. The zero-order valence-corrected chi connectivity index (χ0v) is 15.3. The number of rotatable bonds is 4. The number of carbonyl (C=O) groups excluding carboxylic acids is 1. The maximum absolute atomic E-state index is 13.0. The molecule has 2 aliphatic heterocycles. The predicted octanol–water partition coefficient (Wildman–Crippen LogP) is 1.18. The largest absolute Gasteiger partial charge is 0.381 e. The fourth-order valence-electron chi connectivity index (χ4n) is 4.34. The molecular weight excluding hydrogens is 330 g/mol. The van der Waals surface area contributed by atoms with Gasteiger partial charge in [0.1, 0.15) is 5.69 Å². The van der Waals surface area contributed by atoms with Gasteiger partial charge in [-0.05, 0) is 24.1 Å². The molecule has 3 atom stereocenters. The summed E-state index contributed by atoms with van der Waals surface area (Å²) in [5.74, 6) is 0.358. The lowest BCUT2D eigenvalue weighted by Crippen LogP contribution is -2.53. The lowest BCUT2D eigenvalue weighted by molar-refractivity contribution is -0.0158. The van der Waals surface area contributed by atoms with Gasteiger partial charge in [0.25, 0.3) is 5.91 Å². The fourth-order valence-corrected chi connectivity index (χ4v) is 4.34. The van der Waals surface area contributed by atoms with Crippen LogP contribution < -0.4 is 0 Å². The summed E-state index contributed by atoms with van der Waals surface area (Å²) in [7, 11) is 3.61. The van der Waals surface area contributed by atoms with E-state index in [-0.39, 0.29) is 18.1 Å². The topological polar surface area (TPSA) is 63.5 Å². The van der Waals surface area contributed by atoms with Crippen LogP contribution in [0.15, 0.2) is 36.8 Å². The number of hydrogen-bond acceptors (Lipinski definition) is 5. The minimum Gasteiger partial charge on any atom is -0.381 e. The first-order valence-corrected chi connectivity index (χ1v) is 9.10. The van der Waals surface area contributed by atoms with Crippen LogP contribution >= 0.6 is 0 Å². The van der Waals surface area contributed by atoms with Crippen LogP contribution in [0.5, 0.6) is 0 Å². The van der Waals surface area contributed by atoms with Crippen LogP contribution in [0, 0.1) is 5.92 Å². The number of aryl methyl sites for hydroxylation is 1. The van der Waals surface area contributed by atoms with Gasteiger partial charge in [-0.3, -0.25) is 19.4 Å². The molecule has 0 bridgehead atoms. The van der Waals surface area contributed by atoms with Crippen molar-refractivity contribution in [1.82, 2.24) is 24.6 Å². The molecule has 2 aromatic heterocycles. The van der Waals surface area contributed by atoms with Gasteiger partial charge in [0.2, 0.25) is 0 Å². The van der Waals surface area contributed by atoms with Gasteiger partial charge in [0.15, 0.2) is 0 Å². The Morgan fingerprint density at radius 3 is 2.92 bits per heavy atom. The maximum Gasteiger partial charge on any atom is 0.274 e. The van der Waals surface area contributed by atoms with E-state index in [9.17, 15) is 4.79 Å². The molecular formula is C19H25N5O2. The number of aromatic nitrogens is 3. The quantitative estimate of drug-likeness (QED) is 0.824. The number of ether oxygens (including phenoxy) is 1. The van der Waals surface area contributed by atoms with Crippen molar-refractivity contribution in [2.75, 3.05) is 26.7 Å². The molecule has 2 saturated heterocycles. The molecule has 0 spiro atoms. The van der Waals surface area contributed by atoms with Crippen molar-refractivity contribution in [2.45, 2.75) is 25.1 Å². The number of hydrogen-bond donors (Lipinski definition) is 0. The number of amides is 1. The van der Waals surface area contributed by atoms with Gasteiger partial charge in [-0.15, -0.1) is 0 Å². The number of fused-ring (bicyclic) bond motifs is 1. The van der Waals surface area contributed by atoms with Crippen LogP contribution in [-0.2, 0) is 18.3 Å². The second kappa shape index (κ2) is 7.17. The Bertz CT molecular complexity index is 762. The summed E-state index contributed by atoms with van der Waals surface area (Å²) in [5.41, 5.74) is 1.72. The average Bonchev–Trinajstić information content (AvgIpc) is 3.27. The van der Waals surface area contributed by atoms with Crippen molar-refractivity contribution in [3.8, 4) is 0 Å². The average molecular weight is 355 g/mol. The zero-order chi connectivity index (χ0) is 18.1. The molecule has 7 nitrogen and oxygen atoms in total. The Kier molecular flexibility index (Phi) is 4.74. The van der Waals surface area contributed by atoms with E-state index in [1.807, 2.05) is 30.4 Å². The first-order valence-electron chi connectivity index (χ1n) is 9.10. The molecule has 0 unspecified atom stereocenters. The highest BCUT2D eigenvalue weighted by atomic mass is 16.5. The summed E-state index contributed by atoms with van der Waals surface area (Å²) in [4.78, 5) is 21.6. The molecule has 0 aliphatic carbocycles. The molecule has 0 radical (unpaired) electrons. The van der Waals surface area contributed by atoms with Crippen LogP contribution in [0.4, 0.5) is 0 Å². The Balaban J connectivity index is 1.52. The molecule has 0 N–H and O–H groups in total. The molecule has 1 amide bonds. The molecule has 2 aromatic rings. The van der Waals surface area contributed by atoms with Crippen LogP contribution in [0.1, 0.15) is 22.5 Å². The normalized spacial score (nSPS) is 26.1. The summed E-state index contributed by atoms with van der Waals surface area (Å²) in [6.45, 7) is 3.36. The molecule has 7 heteroatoms. The van der Waals surface area contributed by atoms with Gasteiger partial charge in [0, 0.05) is 64.8 Å². The van der Waals surface area contributed by atoms with Crippen molar-refractivity contribution < 1.29 is 9.53 Å². The summed E-state index contributed by atoms with van der Waals surface area (Å²) in [5, 5.41) is 4.30. The Labute approximate surface area is 153 Å². The van der Waals surface area contributed by atoms with Crippen molar-refractivity contribution in [1.29, 1.82) is 0 Å². The van der Waals surface area contributed by atoms with Gasteiger partial charge in [0.05, 0.1) is 12.1 Å². The van der Waals surface area contributed by atoms with Gasteiger partial charge in [-0.1, -0.05) is 6.07 Å². The van der Waals surface area contributed by atoms with E-state index >= 15 is 0 Å². The maximum atomic E-state index is 13.0. The number of piperidine rings is 1. The smallest absolute Gasteiger partial charge is 0.274 e. The molecule has 138 valence electrons. The summed E-state index contributed by atoms with van der Waals surface area (Å²) < 4.78 is 7.42. The summed E-state index contributed by atoms with van der Waals surface area (Å²) in [6, 6.07) is 6.02. The van der Waals surface area contributed by atoms with E-state index < -0.39 is 0 Å². The lowest BCUT2D eigenvalue weighted by atomic mass is 9.89. The van der Waals surface area contributed by atoms with E-state index in [0.717, 1.165) is 32.6 Å². The molecule has 0 aromatic carbocycles. The first kappa shape index (κ1) is 17.2. The number of nitrogens with zero attached hydrogens (tertiary/aromatic N) is 5. The highest BCUT2D eigenvalue weighted by Crippen LogP contribution is 2.33. The van der Waals surface area contributed by atoms with Crippen molar-refractivity contribution in [3.05, 3.63) is 48.0 Å². The molecule has 2 fully saturated rings. The van der Waals surface area contributed by atoms with Crippen LogP contribution in [0.3, 0.4) is 0 Å². The third-order valence-corrected chi connectivity index (χ3v) is 5.57. The highest BCUT2D eigenvalue weighted by Gasteiger charge is 2.46. The molecule has 26 heavy (non-hydrogen) atoms. The van der Waals surface area contributed by atoms with Crippen molar-refractivity contribution in [2.24, 2.45) is 13.0 Å². The number of carbonyl (C=O) groups is 1. The Morgan fingerprint density at radius 2 is 2.23 bits per heavy atom. The Morgan fingerprint density at radius 1 is 1.35 bits per heavy atom. The number of likely N-dealkylation sites (tertiary alicyclic amines) is 2. The minimum atomic E-state index is 0.0263. The van der Waals surface area contributed by atoms with Crippen molar-refractivity contribution in [3.63, 3.8) is 0 Å². The molecule has 0 saturated carbocycles. The van der Waals surface area contributed by atoms with E-state index in [2.05, 4.69) is 21.0 Å². The SMILES string of the molecule is CO[C@H]1CCN(C(=O)c2ccn(C)n2)[C@@H]2CN(Cc3cccnc3)C[C@H]12. The minimum absolute atomic E-state index is 0.0263. The first-order chi connectivity index (χ1) is 12.7. The van der Waals surface area contributed by atoms with Gasteiger partial charge in [-0.2, -0.15) is 5.10 Å². The molecule has 4 heterocycles. The van der Waals surface area contributed by atoms with Gasteiger partial charge < -0.3 is 9.64 Å². The second-order valence-electron chi connectivity index (χ2n) is 7.22. The lowest BCUT2D eigenvalue weighted by Gasteiger charge is -2.40. The van der Waals surface area contributed by atoms with Crippen LogP contribution in [0.25, 0.3) is 0 Å². The van der Waals surface area contributed by atoms with Crippen LogP contribution in [0.2, 0.25) is 0 Å². The third-order valence-electron chi connectivity index (χ3n) is 5.57. The van der Waals surface area contributed by atoms with E-state index in [1.54, 1.807) is 24.1 Å². The number of pyridine rings is 1. The standard InChI is InChI=1S/C19H25N5O2/c1-22-8-5-16(21-22)19(25)24-9-6-18(26-2)15-12-23(13-17(15)24)11-14-4-3-7-20-10-14/h3-5,7-8,10,15,17-18H,6,9,11-13H2,1-2H3/t15-,17+,18-/m0/s1. The van der Waals surface area contributed by atoms with Gasteiger partial charge in [-0.25, -0.2) is 0 Å². The van der Waals surface area contributed by atoms with Gasteiger partial charge >= 0.3 is 0 Å². The molecule has 4 rings (SSSR count). The summed E-state index contributed by atoms with van der Waals surface area (Å²) in [6.07, 6.45) is 6.59. The second-order valence-corrected chi connectivity index (χ2v) is 7.22. The van der Waals surface area contributed by atoms with Crippen molar-refractivity contribution >= 4 is 5.91 Å². The third kappa shape index (κ3) is 3.24. The van der Waals surface area contributed by atoms with E-state index in [0.29, 0.717) is 11.6 Å². The van der Waals surface area contributed by atoms with E-state index in [4.69, 9.17) is 4.74 Å². The summed E-state index contributed by atoms with van der Waals surface area (Å²) >= 11 is 0. The Hall–Kier alpha value is -2.25. The fraction of sp³-hybridized carbons (Fsp3) is 0.526.